The van der Waals surface area contributed by atoms with Crippen LogP contribution in [0.15, 0.2) is 0 Å². The summed E-state index contributed by atoms with van der Waals surface area (Å²) >= 11 is 0. The predicted molar refractivity (Wildman–Crippen MR) is 72.7 cm³/mol. The van der Waals surface area contributed by atoms with Gasteiger partial charge in [-0.1, -0.05) is 89.5 Å². The van der Waals surface area contributed by atoms with E-state index in [1.165, 1.54) is 25.7 Å². The molecule has 0 saturated heterocycles. The van der Waals surface area contributed by atoms with Crippen molar-refractivity contribution in [3.63, 3.8) is 0 Å². The van der Waals surface area contributed by atoms with Gasteiger partial charge in [0.05, 0.1) is 0 Å². The molecule has 0 heteroatoms. The predicted octanol–water partition coefficient (Wildman–Crippen LogP) is 6.55. The van der Waals surface area contributed by atoms with Crippen molar-refractivity contribution in [2.24, 2.45) is 0 Å². The fourth-order valence-electron chi connectivity index (χ4n) is 0. The summed E-state index contributed by atoms with van der Waals surface area (Å²) in [6, 6.07) is 0. The Morgan fingerprint density at radius 2 is 0.538 bits per heavy atom. The molecule has 0 N–H and O–H groups in total. The van der Waals surface area contributed by atoms with Crippen molar-refractivity contribution in [2.45, 2.75) is 89.5 Å². The highest BCUT2D eigenvalue weighted by atomic mass is 13.6. The lowest BCUT2D eigenvalue weighted by Crippen LogP contribution is -1.47. The molecule has 0 atom stereocenters. The summed E-state index contributed by atoms with van der Waals surface area (Å²) in [7, 11) is 0. The van der Waals surface area contributed by atoms with Gasteiger partial charge in [0, 0.05) is 0 Å². The van der Waals surface area contributed by atoms with Crippen LogP contribution in [0.2, 0.25) is 0 Å². The molecule has 0 aliphatic rings. The maximum absolute atomic E-state index is 2.18. The van der Waals surface area contributed by atoms with Crippen LogP contribution in [-0.2, 0) is 0 Å². The van der Waals surface area contributed by atoms with E-state index in [9.17, 15) is 0 Å². The van der Waals surface area contributed by atoms with Gasteiger partial charge in [-0.15, -0.1) is 0 Å². The zero-order valence-corrected chi connectivity index (χ0v) is 8.83. The molecule has 0 rings (SSSR count). The van der Waals surface area contributed by atoms with Gasteiger partial charge < -0.3 is 0 Å². The van der Waals surface area contributed by atoms with Crippen LogP contribution >= 0.6 is 0 Å². The van der Waals surface area contributed by atoms with Gasteiger partial charge in [0.1, 0.15) is 0 Å². The topological polar surface area (TPSA) is 0 Å². The molecule has 0 unspecified atom stereocenters. The summed E-state index contributed by atoms with van der Waals surface area (Å²) in [6.45, 7) is 12.9. The second-order valence-corrected chi connectivity index (χ2v) is 2.41. The molecule has 0 radical (unpaired) electrons. The lowest BCUT2D eigenvalue weighted by atomic mass is 10.4. The van der Waals surface area contributed by atoms with Crippen LogP contribution in [0.5, 0.6) is 0 Å². The minimum atomic E-state index is 0. The van der Waals surface area contributed by atoms with E-state index in [0.717, 1.165) is 0 Å². The highest BCUT2D eigenvalue weighted by molar-refractivity contribution is 4.12. The minimum Gasteiger partial charge on any atom is -0.0776 e. The van der Waals surface area contributed by atoms with E-state index in [-0.39, 0.29) is 22.3 Å². The minimum absolute atomic E-state index is 0. The van der Waals surface area contributed by atoms with Crippen molar-refractivity contribution in [1.29, 1.82) is 0 Å². The van der Waals surface area contributed by atoms with Crippen molar-refractivity contribution in [3.8, 4) is 0 Å². The SMILES string of the molecule is C.C.C.CCC.CCC.CCCC. The second-order valence-electron chi connectivity index (χ2n) is 2.41. The zero-order chi connectivity index (χ0) is 8.83. The Hall–Kier alpha value is 0. The third-order valence-corrected chi connectivity index (χ3v) is 0.500. The van der Waals surface area contributed by atoms with E-state index in [4.69, 9.17) is 0 Å². The summed E-state index contributed by atoms with van der Waals surface area (Å²) in [4.78, 5) is 0. The molecule has 0 aliphatic heterocycles. The van der Waals surface area contributed by atoms with Crippen LogP contribution in [0.4, 0.5) is 0 Å². The maximum Gasteiger partial charge on any atom is -0.0564 e. The Morgan fingerprint density at radius 1 is 0.462 bits per heavy atom. The third-order valence-electron chi connectivity index (χ3n) is 0.500. The monoisotopic (exact) mass is 194 g/mol. The Labute approximate surface area is 90.1 Å². The number of hydrogen-bond donors (Lipinski definition) is 0. The van der Waals surface area contributed by atoms with Crippen LogP contribution in [0.3, 0.4) is 0 Å². The van der Waals surface area contributed by atoms with Gasteiger partial charge in [-0.25, -0.2) is 0 Å². The van der Waals surface area contributed by atoms with Crippen molar-refractivity contribution < 1.29 is 0 Å². The van der Waals surface area contributed by atoms with E-state index < -0.39 is 0 Å². The van der Waals surface area contributed by atoms with E-state index in [1.807, 2.05) is 0 Å². The van der Waals surface area contributed by atoms with Crippen LogP contribution in [0, 0.1) is 0 Å². The largest absolute Gasteiger partial charge is 0.0776 e. The van der Waals surface area contributed by atoms with Gasteiger partial charge in [-0.3, -0.25) is 0 Å². The van der Waals surface area contributed by atoms with Gasteiger partial charge in [-0.2, -0.15) is 0 Å². The molecule has 13 heavy (non-hydrogen) atoms. The molecule has 0 aromatic heterocycles. The third kappa shape index (κ3) is 1200. The lowest BCUT2D eigenvalue weighted by Gasteiger charge is -1.68. The maximum atomic E-state index is 2.18. The Bertz CT molecular complexity index is 12.0. The molecule has 0 bridgehead atoms. The lowest BCUT2D eigenvalue weighted by molar-refractivity contribution is 0.886. The van der Waals surface area contributed by atoms with E-state index in [1.54, 1.807) is 0 Å². The van der Waals surface area contributed by atoms with Crippen molar-refractivity contribution in [1.82, 2.24) is 0 Å². The van der Waals surface area contributed by atoms with Crippen molar-refractivity contribution in [3.05, 3.63) is 0 Å². The fraction of sp³-hybridized carbons (Fsp3) is 1.00. The number of hydrogen-bond acceptors (Lipinski definition) is 0. The molecule has 0 fully saturated rings. The molecular formula is C13H38. The standard InChI is InChI=1S/C4H10.2C3H8.3CH4/c1-3-4-2;2*1-3-2;;;/h3-4H2,1-2H3;2*3H2,1-2H3;3*1H4. The van der Waals surface area contributed by atoms with Gasteiger partial charge in [0.15, 0.2) is 0 Å². The first kappa shape index (κ1) is 38.2. The highest BCUT2D eigenvalue weighted by Crippen LogP contribution is 1.76. The van der Waals surface area contributed by atoms with Crippen molar-refractivity contribution >= 4 is 0 Å². The van der Waals surface area contributed by atoms with Crippen LogP contribution in [0.25, 0.3) is 0 Å². The van der Waals surface area contributed by atoms with Gasteiger partial charge >= 0.3 is 0 Å². The molecular weight excluding hydrogens is 156 g/mol. The molecule has 90 valence electrons. The average molecular weight is 194 g/mol. The summed E-state index contributed by atoms with van der Waals surface area (Å²) in [5.74, 6) is 0. The Morgan fingerprint density at radius 3 is 0.538 bits per heavy atom. The second kappa shape index (κ2) is 90.8. The van der Waals surface area contributed by atoms with Crippen LogP contribution < -0.4 is 0 Å². The average Bonchev–Trinajstić information content (AvgIpc) is 1.91. The van der Waals surface area contributed by atoms with Crippen LogP contribution in [-0.4, -0.2) is 0 Å². The molecule has 0 aromatic carbocycles. The van der Waals surface area contributed by atoms with E-state index in [0.29, 0.717) is 0 Å². The first-order valence-corrected chi connectivity index (χ1v) is 4.74. The normalized spacial score (nSPS) is 5.08. The zero-order valence-electron chi connectivity index (χ0n) is 8.83. The molecule has 0 nitrogen and oxygen atoms in total. The van der Waals surface area contributed by atoms with Gasteiger partial charge in [0.25, 0.3) is 0 Å². The van der Waals surface area contributed by atoms with Crippen molar-refractivity contribution in [2.75, 3.05) is 0 Å². The molecule has 0 amide bonds. The molecule has 0 heterocycles. The summed E-state index contributed by atoms with van der Waals surface area (Å²) in [6.07, 6.45) is 5.14. The highest BCUT2D eigenvalue weighted by Gasteiger charge is 1.56. The van der Waals surface area contributed by atoms with Crippen LogP contribution in [0.1, 0.15) is 89.5 Å². The van der Waals surface area contributed by atoms with E-state index >= 15 is 0 Å². The molecule has 0 aliphatic carbocycles. The fourth-order valence-corrected chi connectivity index (χ4v) is 0. The van der Waals surface area contributed by atoms with Gasteiger partial charge in [-0.05, 0) is 0 Å². The Balaban J connectivity index is -0.0000000128. The first-order chi connectivity index (χ1) is 4.74. The smallest absolute Gasteiger partial charge is 0.0564 e. The van der Waals surface area contributed by atoms with Gasteiger partial charge in [0.2, 0.25) is 0 Å². The summed E-state index contributed by atoms with van der Waals surface area (Å²) < 4.78 is 0. The molecule has 0 spiro atoms. The summed E-state index contributed by atoms with van der Waals surface area (Å²) in [5, 5.41) is 0. The first-order valence-electron chi connectivity index (χ1n) is 4.74. The molecule has 0 saturated carbocycles. The van der Waals surface area contributed by atoms with E-state index in [2.05, 4.69) is 41.5 Å². The number of rotatable bonds is 1. The molecule has 0 aromatic rings. The quantitative estimate of drug-likeness (QED) is 0.444. The summed E-state index contributed by atoms with van der Waals surface area (Å²) in [5.41, 5.74) is 0. The Kier molecular flexibility index (Phi) is 267. The number of unbranched alkanes of at least 4 members (excludes halogenated alkanes) is 1.